The summed E-state index contributed by atoms with van der Waals surface area (Å²) >= 11 is 0. The molecular weight excluding hydrogens is 224 g/mol. The zero-order valence-corrected chi connectivity index (χ0v) is 9.07. The average Bonchev–Trinajstić information content (AvgIpc) is 2.75. The Morgan fingerprint density at radius 3 is 2.76 bits per heavy atom. The number of hydrogen-bond acceptors (Lipinski definition) is 4. The molecule has 1 aliphatic rings. The Morgan fingerprint density at radius 1 is 1.47 bits per heavy atom. The van der Waals surface area contributed by atoms with E-state index >= 15 is 0 Å². The first kappa shape index (κ1) is 11.5. The van der Waals surface area contributed by atoms with Gasteiger partial charge in [-0.3, -0.25) is 14.9 Å². The summed E-state index contributed by atoms with van der Waals surface area (Å²) in [5.74, 6) is -0.395. The van der Waals surface area contributed by atoms with Crippen LogP contribution < -0.4 is 0 Å². The summed E-state index contributed by atoms with van der Waals surface area (Å²) in [6.07, 6.45) is -0.00598. The van der Waals surface area contributed by atoms with Gasteiger partial charge in [0.1, 0.15) is 5.56 Å². The van der Waals surface area contributed by atoms with Crippen LogP contribution >= 0.6 is 0 Å². The molecule has 0 aliphatic carbocycles. The first-order valence-corrected chi connectivity index (χ1v) is 5.30. The first-order valence-electron chi connectivity index (χ1n) is 5.30. The number of hydrogen-bond donors (Lipinski definition) is 1. The molecule has 0 unspecified atom stereocenters. The van der Waals surface area contributed by atoms with Gasteiger partial charge in [0.2, 0.25) is 0 Å². The maximum atomic E-state index is 12.0. The maximum Gasteiger partial charge on any atom is 0.282 e. The number of carbonyl (C=O) groups excluding carboxylic acids is 1. The van der Waals surface area contributed by atoms with Gasteiger partial charge in [-0.1, -0.05) is 12.1 Å². The van der Waals surface area contributed by atoms with Crippen LogP contribution in [0.25, 0.3) is 0 Å². The largest absolute Gasteiger partial charge is 0.391 e. The second-order valence-electron chi connectivity index (χ2n) is 3.97. The normalized spacial score (nSPS) is 19.4. The fourth-order valence-corrected chi connectivity index (χ4v) is 1.91. The summed E-state index contributed by atoms with van der Waals surface area (Å²) in [5, 5.41) is 20.1. The second-order valence-corrected chi connectivity index (χ2v) is 3.97. The molecule has 17 heavy (non-hydrogen) atoms. The van der Waals surface area contributed by atoms with Crippen LogP contribution in [-0.4, -0.2) is 40.0 Å². The molecule has 0 spiro atoms. The second kappa shape index (κ2) is 4.50. The van der Waals surface area contributed by atoms with E-state index in [2.05, 4.69) is 0 Å². The van der Waals surface area contributed by atoms with Gasteiger partial charge in [-0.15, -0.1) is 0 Å². The molecule has 0 bridgehead atoms. The summed E-state index contributed by atoms with van der Waals surface area (Å²) in [4.78, 5) is 23.7. The van der Waals surface area contributed by atoms with E-state index < -0.39 is 16.9 Å². The number of β-amino-alcohol motifs (C(OH)–C–C–N with tert-alkyl or cyclic N) is 1. The molecule has 1 amide bonds. The Kier molecular flexibility index (Phi) is 3.06. The fourth-order valence-electron chi connectivity index (χ4n) is 1.91. The first-order chi connectivity index (χ1) is 8.09. The number of amides is 1. The average molecular weight is 236 g/mol. The van der Waals surface area contributed by atoms with E-state index in [0.29, 0.717) is 13.0 Å². The van der Waals surface area contributed by atoms with E-state index in [1.807, 2.05) is 0 Å². The van der Waals surface area contributed by atoms with Gasteiger partial charge < -0.3 is 10.0 Å². The third-order valence-corrected chi connectivity index (χ3v) is 2.78. The highest BCUT2D eigenvalue weighted by molar-refractivity contribution is 5.98. The number of benzene rings is 1. The highest BCUT2D eigenvalue weighted by Gasteiger charge is 2.29. The van der Waals surface area contributed by atoms with Crippen molar-refractivity contribution in [3.63, 3.8) is 0 Å². The van der Waals surface area contributed by atoms with Gasteiger partial charge in [0.15, 0.2) is 0 Å². The molecule has 6 heteroatoms. The summed E-state index contributed by atoms with van der Waals surface area (Å²) in [6.45, 7) is 0.678. The molecule has 90 valence electrons. The van der Waals surface area contributed by atoms with Crippen LogP contribution in [0, 0.1) is 10.1 Å². The molecule has 1 aliphatic heterocycles. The van der Waals surface area contributed by atoms with Crippen LogP contribution in [0.1, 0.15) is 16.8 Å². The number of aliphatic hydroxyl groups excluding tert-OH is 1. The van der Waals surface area contributed by atoms with Gasteiger partial charge >= 0.3 is 0 Å². The Morgan fingerprint density at radius 2 is 2.18 bits per heavy atom. The number of nitrogens with zero attached hydrogens (tertiary/aromatic N) is 2. The van der Waals surface area contributed by atoms with E-state index in [0.717, 1.165) is 0 Å². The van der Waals surface area contributed by atoms with Crippen molar-refractivity contribution >= 4 is 11.6 Å². The van der Waals surface area contributed by atoms with Crippen LogP contribution in [-0.2, 0) is 0 Å². The number of likely N-dealkylation sites (tertiary alicyclic amines) is 1. The summed E-state index contributed by atoms with van der Waals surface area (Å²) in [5.41, 5.74) is -0.120. The van der Waals surface area contributed by atoms with Crippen molar-refractivity contribution in [3.05, 3.63) is 39.9 Å². The van der Waals surface area contributed by atoms with Crippen molar-refractivity contribution in [1.29, 1.82) is 0 Å². The highest BCUT2D eigenvalue weighted by Crippen LogP contribution is 2.21. The maximum absolute atomic E-state index is 12.0. The molecule has 1 aromatic rings. The molecule has 0 aromatic heterocycles. The monoisotopic (exact) mass is 236 g/mol. The standard InChI is InChI=1S/C11H12N2O4/c14-8-5-6-12(7-8)11(15)9-3-1-2-4-10(9)13(16)17/h1-4,8,14H,5-7H2/t8-/m1/s1. The van der Waals surface area contributed by atoms with Crippen molar-refractivity contribution in [2.24, 2.45) is 0 Å². The number of nitro groups is 1. The summed E-state index contributed by atoms with van der Waals surface area (Å²) in [7, 11) is 0. The molecule has 1 atom stereocenters. The SMILES string of the molecule is O=C(c1ccccc1[N+](=O)[O-])N1CC[C@@H](O)C1. The Labute approximate surface area is 97.6 Å². The lowest BCUT2D eigenvalue weighted by Crippen LogP contribution is -2.30. The molecule has 0 radical (unpaired) electrons. The molecule has 6 nitrogen and oxygen atoms in total. The van der Waals surface area contributed by atoms with E-state index in [-0.39, 0.29) is 17.8 Å². The Balaban J connectivity index is 2.28. The predicted molar refractivity (Wildman–Crippen MR) is 59.6 cm³/mol. The van der Waals surface area contributed by atoms with Crippen LogP contribution in [0.3, 0.4) is 0 Å². The van der Waals surface area contributed by atoms with Crippen LogP contribution in [0.2, 0.25) is 0 Å². The van der Waals surface area contributed by atoms with Gasteiger partial charge in [0.05, 0.1) is 11.0 Å². The van der Waals surface area contributed by atoms with Gasteiger partial charge in [0.25, 0.3) is 11.6 Å². The van der Waals surface area contributed by atoms with Crippen molar-refractivity contribution in [2.75, 3.05) is 13.1 Å². The van der Waals surface area contributed by atoms with E-state index in [4.69, 9.17) is 0 Å². The lowest BCUT2D eigenvalue weighted by molar-refractivity contribution is -0.385. The number of carbonyl (C=O) groups is 1. The lowest BCUT2D eigenvalue weighted by Gasteiger charge is -2.15. The van der Waals surface area contributed by atoms with Crippen molar-refractivity contribution in [1.82, 2.24) is 4.90 Å². The molecule has 1 heterocycles. The van der Waals surface area contributed by atoms with Gasteiger partial charge in [-0.25, -0.2) is 0 Å². The minimum Gasteiger partial charge on any atom is -0.391 e. The van der Waals surface area contributed by atoms with Gasteiger partial charge in [-0.2, -0.15) is 0 Å². The molecule has 1 fully saturated rings. The fraction of sp³-hybridized carbons (Fsp3) is 0.364. The third-order valence-electron chi connectivity index (χ3n) is 2.78. The van der Waals surface area contributed by atoms with Crippen LogP contribution in [0.15, 0.2) is 24.3 Å². The minimum absolute atomic E-state index is 0.0756. The third kappa shape index (κ3) is 2.26. The zero-order chi connectivity index (χ0) is 12.4. The van der Waals surface area contributed by atoms with Crippen molar-refractivity contribution < 1.29 is 14.8 Å². The Hall–Kier alpha value is -1.95. The summed E-state index contributed by atoms with van der Waals surface area (Å²) < 4.78 is 0. The van der Waals surface area contributed by atoms with E-state index in [1.54, 1.807) is 6.07 Å². The van der Waals surface area contributed by atoms with Gasteiger partial charge in [-0.05, 0) is 12.5 Å². The van der Waals surface area contributed by atoms with Crippen LogP contribution in [0.5, 0.6) is 0 Å². The van der Waals surface area contributed by atoms with E-state index in [1.165, 1.54) is 23.1 Å². The molecule has 1 N–H and O–H groups in total. The highest BCUT2D eigenvalue weighted by atomic mass is 16.6. The quantitative estimate of drug-likeness (QED) is 0.608. The van der Waals surface area contributed by atoms with Gasteiger partial charge in [0, 0.05) is 19.2 Å². The smallest absolute Gasteiger partial charge is 0.282 e. The predicted octanol–water partition coefficient (Wildman–Crippen LogP) is 0.802. The lowest BCUT2D eigenvalue weighted by atomic mass is 10.1. The summed E-state index contributed by atoms with van der Waals surface area (Å²) in [6, 6.07) is 5.85. The van der Waals surface area contributed by atoms with Crippen LogP contribution in [0.4, 0.5) is 5.69 Å². The molecule has 1 saturated heterocycles. The zero-order valence-electron chi connectivity index (χ0n) is 9.07. The number of para-hydroxylation sites is 1. The molecule has 2 rings (SSSR count). The Bertz CT molecular complexity index is 461. The van der Waals surface area contributed by atoms with Crippen molar-refractivity contribution in [3.8, 4) is 0 Å². The van der Waals surface area contributed by atoms with Crippen molar-refractivity contribution in [2.45, 2.75) is 12.5 Å². The topological polar surface area (TPSA) is 83.7 Å². The van der Waals surface area contributed by atoms with E-state index in [9.17, 15) is 20.0 Å². The number of rotatable bonds is 2. The molecule has 0 saturated carbocycles. The number of aliphatic hydroxyl groups is 1. The number of nitro benzene ring substituents is 1. The minimum atomic E-state index is -0.570. The molecule has 1 aromatic carbocycles. The molecular formula is C11H12N2O4.